The van der Waals surface area contributed by atoms with E-state index in [0.29, 0.717) is 18.7 Å². The number of likely N-dealkylation sites (tertiary alicyclic amines) is 1. The summed E-state index contributed by atoms with van der Waals surface area (Å²) in [5, 5.41) is 12.4. The quantitative estimate of drug-likeness (QED) is 0.771. The van der Waals surface area contributed by atoms with Crippen molar-refractivity contribution in [2.24, 2.45) is 0 Å². The number of carbonyl (C=O) groups is 3. The van der Waals surface area contributed by atoms with Crippen LogP contribution in [0.3, 0.4) is 0 Å². The normalized spacial score (nSPS) is 17.2. The monoisotopic (exact) mass is 329 g/mol. The van der Waals surface area contributed by atoms with Crippen molar-refractivity contribution in [1.29, 1.82) is 0 Å². The van der Waals surface area contributed by atoms with Gasteiger partial charge in [0.15, 0.2) is 0 Å². The van der Waals surface area contributed by atoms with E-state index < -0.39 is 5.97 Å². The number of amides is 2. The predicted octanol–water partition coefficient (Wildman–Crippen LogP) is 1.36. The molecule has 1 aromatic heterocycles. The molecule has 1 aliphatic rings. The number of fused-ring (bicyclic) bond motifs is 1. The van der Waals surface area contributed by atoms with E-state index in [1.165, 1.54) is 0 Å². The fourth-order valence-corrected chi connectivity index (χ4v) is 3.13. The minimum Gasteiger partial charge on any atom is -0.481 e. The van der Waals surface area contributed by atoms with Crippen LogP contribution in [0.5, 0.6) is 0 Å². The maximum absolute atomic E-state index is 12.3. The van der Waals surface area contributed by atoms with Crippen molar-refractivity contribution in [2.45, 2.75) is 25.3 Å². The Kier molecular flexibility index (Phi) is 4.50. The average molecular weight is 329 g/mol. The number of para-hydroxylation sites is 1. The molecule has 7 nitrogen and oxygen atoms in total. The first-order valence-corrected chi connectivity index (χ1v) is 7.92. The highest BCUT2D eigenvalue weighted by atomic mass is 16.4. The Labute approximate surface area is 138 Å². The van der Waals surface area contributed by atoms with Crippen LogP contribution < -0.4 is 5.32 Å². The summed E-state index contributed by atoms with van der Waals surface area (Å²) in [6.07, 6.45) is 1.43. The van der Waals surface area contributed by atoms with Gasteiger partial charge in [-0.05, 0) is 25.0 Å². The number of hydrogen-bond acceptors (Lipinski definition) is 3. The van der Waals surface area contributed by atoms with E-state index in [9.17, 15) is 14.4 Å². The molecule has 2 aromatic rings. The van der Waals surface area contributed by atoms with E-state index in [2.05, 4.69) is 10.3 Å². The summed E-state index contributed by atoms with van der Waals surface area (Å²) in [6.45, 7) is 0.406. The molecule has 2 amide bonds. The Hall–Kier alpha value is -2.83. The van der Waals surface area contributed by atoms with Crippen molar-refractivity contribution >= 4 is 28.7 Å². The Morgan fingerprint density at radius 3 is 2.83 bits per heavy atom. The SMILES string of the molecule is O=C(O)C[C@H]1CCCN1C(=O)CNC(=O)c1cc2ccccc2[nH]1. The van der Waals surface area contributed by atoms with Crippen LogP contribution in [0.15, 0.2) is 30.3 Å². The van der Waals surface area contributed by atoms with Crippen LogP contribution in [0.25, 0.3) is 10.9 Å². The van der Waals surface area contributed by atoms with Gasteiger partial charge >= 0.3 is 5.97 Å². The molecule has 3 N–H and O–H groups in total. The molecule has 126 valence electrons. The molecular formula is C17H19N3O4. The number of aromatic amines is 1. The molecule has 1 fully saturated rings. The van der Waals surface area contributed by atoms with Crippen LogP contribution in [0.1, 0.15) is 29.8 Å². The summed E-state index contributed by atoms with van der Waals surface area (Å²) >= 11 is 0. The lowest BCUT2D eigenvalue weighted by Gasteiger charge is -2.23. The molecule has 0 aliphatic carbocycles. The van der Waals surface area contributed by atoms with E-state index in [-0.39, 0.29) is 30.8 Å². The predicted molar refractivity (Wildman–Crippen MR) is 87.6 cm³/mol. The maximum Gasteiger partial charge on any atom is 0.305 e. The first-order chi connectivity index (χ1) is 11.5. The van der Waals surface area contributed by atoms with Crippen LogP contribution in [0.4, 0.5) is 0 Å². The number of nitrogens with zero attached hydrogens (tertiary/aromatic N) is 1. The highest BCUT2D eigenvalue weighted by Gasteiger charge is 2.30. The number of carboxylic acids is 1. The van der Waals surface area contributed by atoms with Crippen LogP contribution in [0, 0.1) is 0 Å². The van der Waals surface area contributed by atoms with Crippen LogP contribution >= 0.6 is 0 Å². The molecule has 1 saturated heterocycles. The third-order valence-electron chi connectivity index (χ3n) is 4.28. The third-order valence-corrected chi connectivity index (χ3v) is 4.28. The van der Waals surface area contributed by atoms with Gasteiger partial charge in [0.25, 0.3) is 5.91 Å². The first-order valence-electron chi connectivity index (χ1n) is 7.92. The second-order valence-corrected chi connectivity index (χ2v) is 5.93. The number of rotatable bonds is 5. The molecule has 0 saturated carbocycles. The lowest BCUT2D eigenvalue weighted by Crippen LogP contribution is -2.43. The number of carboxylic acid groups (broad SMARTS) is 1. The van der Waals surface area contributed by atoms with Gasteiger partial charge in [0, 0.05) is 23.5 Å². The number of carbonyl (C=O) groups excluding carboxylic acids is 2. The fraction of sp³-hybridized carbons (Fsp3) is 0.353. The number of aliphatic carboxylic acids is 1. The van der Waals surface area contributed by atoms with E-state index in [4.69, 9.17) is 5.11 Å². The Morgan fingerprint density at radius 1 is 1.29 bits per heavy atom. The van der Waals surface area contributed by atoms with Gasteiger partial charge in [-0.2, -0.15) is 0 Å². The highest BCUT2D eigenvalue weighted by Crippen LogP contribution is 2.20. The molecule has 0 radical (unpaired) electrons. The Morgan fingerprint density at radius 2 is 2.08 bits per heavy atom. The van der Waals surface area contributed by atoms with Gasteiger partial charge < -0.3 is 20.3 Å². The minimum absolute atomic E-state index is 0.0539. The summed E-state index contributed by atoms with van der Waals surface area (Å²) < 4.78 is 0. The van der Waals surface area contributed by atoms with Crippen molar-refractivity contribution in [3.63, 3.8) is 0 Å². The number of H-pyrrole nitrogens is 1. The van der Waals surface area contributed by atoms with E-state index in [1.807, 2.05) is 24.3 Å². The Balaban J connectivity index is 1.59. The summed E-state index contributed by atoms with van der Waals surface area (Å²) in [5.74, 6) is -1.52. The van der Waals surface area contributed by atoms with Crippen molar-refractivity contribution in [3.05, 3.63) is 36.0 Å². The summed E-state index contributed by atoms with van der Waals surface area (Å²) in [5.41, 5.74) is 1.25. The molecule has 1 aliphatic heterocycles. The summed E-state index contributed by atoms with van der Waals surface area (Å²) in [4.78, 5) is 39.9. The number of benzene rings is 1. The highest BCUT2D eigenvalue weighted by molar-refractivity contribution is 5.99. The summed E-state index contributed by atoms with van der Waals surface area (Å²) in [7, 11) is 0. The topological polar surface area (TPSA) is 102 Å². The molecule has 0 bridgehead atoms. The van der Waals surface area contributed by atoms with Gasteiger partial charge in [-0.25, -0.2) is 0 Å². The lowest BCUT2D eigenvalue weighted by molar-refractivity contribution is -0.139. The smallest absolute Gasteiger partial charge is 0.305 e. The van der Waals surface area contributed by atoms with Crippen molar-refractivity contribution < 1.29 is 19.5 Å². The van der Waals surface area contributed by atoms with E-state index in [1.54, 1.807) is 11.0 Å². The van der Waals surface area contributed by atoms with Crippen LogP contribution in [-0.4, -0.2) is 51.9 Å². The van der Waals surface area contributed by atoms with Crippen molar-refractivity contribution in [1.82, 2.24) is 15.2 Å². The zero-order valence-electron chi connectivity index (χ0n) is 13.1. The van der Waals surface area contributed by atoms with Gasteiger partial charge in [0.05, 0.1) is 13.0 Å². The fourth-order valence-electron chi connectivity index (χ4n) is 3.13. The average Bonchev–Trinajstić information content (AvgIpc) is 3.18. The second kappa shape index (κ2) is 6.74. The third kappa shape index (κ3) is 3.40. The van der Waals surface area contributed by atoms with E-state index >= 15 is 0 Å². The maximum atomic E-state index is 12.3. The van der Waals surface area contributed by atoms with E-state index in [0.717, 1.165) is 17.3 Å². The molecule has 0 unspecified atom stereocenters. The standard InChI is InChI=1S/C17H19N3O4/c21-15(20-7-3-5-12(20)9-16(22)23)10-18-17(24)14-8-11-4-1-2-6-13(11)19-14/h1-2,4,6,8,12,19H,3,5,7,9-10H2,(H,18,24)(H,22,23)/t12-/m1/s1. The minimum atomic E-state index is -0.915. The number of aromatic nitrogens is 1. The van der Waals surface area contributed by atoms with Crippen LogP contribution in [-0.2, 0) is 9.59 Å². The van der Waals surface area contributed by atoms with Crippen molar-refractivity contribution in [2.75, 3.05) is 13.1 Å². The largest absolute Gasteiger partial charge is 0.481 e. The molecule has 3 rings (SSSR count). The molecule has 24 heavy (non-hydrogen) atoms. The number of hydrogen-bond donors (Lipinski definition) is 3. The molecule has 1 atom stereocenters. The van der Waals surface area contributed by atoms with Crippen LogP contribution in [0.2, 0.25) is 0 Å². The van der Waals surface area contributed by atoms with Gasteiger partial charge in [-0.1, -0.05) is 18.2 Å². The zero-order valence-corrected chi connectivity index (χ0v) is 13.1. The molecule has 1 aromatic carbocycles. The first kappa shape index (κ1) is 16.0. The van der Waals surface area contributed by atoms with Gasteiger partial charge in [0.2, 0.25) is 5.91 Å². The zero-order chi connectivity index (χ0) is 17.1. The lowest BCUT2D eigenvalue weighted by atomic mass is 10.1. The molecule has 0 spiro atoms. The number of nitrogens with one attached hydrogen (secondary N) is 2. The molecule has 2 heterocycles. The van der Waals surface area contributed by atoms with Gasteiger partial charge in [-0.3, -0.25) is 14.4 Å². The Bertz CT molecular complexity index is 750. The van der Waals surface area contributed by atoms with Gasteiger partial charge in [0.1, 0.15) is 5.69 Å². The van der Waals surface area contributed by atoms with Crippen molar-refractivity contribution in [3.8, 4) is 0 Å². The summed E-state index contributed by atoms with van der Waals surface area (Å²) in [6, 6.07) is 8.99. The second-order valence-electron chi connectivity index (χ2n) is 5.93. The molecular weight excluding hydrogens is 310 g/mol. The van der Waals surface area contributed by atoms with Gasteiger partial charge in [-0.15, -0.1) is 0 Å². The molecule has 7 heteroatoms.